The molecule has 3 rings (SSSR count). The molecular weight excluding hydrogens is 314 g/mol. The number of carbonyl (C=O) groups excluding carboxylic acids is 2. The summed E-state index contributed by atoms with van der Waals surface area (Å²) < 4.78 is 0. The first kappa shape index (κ1) is 17.6. The van der Waals surface area contributed by atoms with Gasteiger partial charge in [0, 0.05) is 12.0 Å². The number of rotatable bonds is 5. The summed E-state index contributed by atoms with van der Waals surface area (Å²) in [6, 6.07) is 9.56. The molecule has 5 heteroatoms. The molecular formula is C20H27N3O2. The summed E-state index contributed by atoms with van der Waals surface area (Å²) in [7, 11) is 0. The lowest BCUT2D eigenvalue weighted by molar-refractivity contribution is -0.143. The van der Waals surface area contributed by atoms with E-state index in [-0.39, 0.29) is 11.7 Å². The minimum absolute atomic E-state index is 0.122. The van der Waals surface area contributed by atoms with Crippen LogP contribution in [0.1, 0.15) is 47.0 Å². The van der Waals surface area contributed by atoms with Crippen LogP contribution in [0.5, 0.6) is 0 Å². The molecule has 0 saturated heterocycles. The number of hydrogen-bond acceptors (Lipinski definition) is 4. The first-order chi connectivity index (χ1) is 11.8. The van der Waals surface area contributed by atoms with Gasteiger partial charge in [-0.1, -0.05) is 45.9 Å². The van der Waals surface area contributed by atoms with Crippen molar-refractivity contribution in [3.05, 3.63) is 30.3 Å². The highest BCUT2D eigenvalue weighted by atomic mass is 16.2. The fraction of sp³-hybridized carbons (Fsp3) is 0.550. The Balaban J connectivity index is 1.98. The highest BCUT2D eigenvalue weighted by Crippen LogP contribution is 2.69. The Morgan fingerprint density at radius 3 is 2.48 bits per heavy atom. The largest absolute Gasteiger partial charge is 0.355 e. The highest BCUT2D eigenvalue weighted by Gasteiger charge is 2.76. The Hall–Kier alpha value is -2.17. The average molecular weight is 341 g/mol. The van der Waals surface area contributed by atoms with Gasteiger partial charge in [-0.05, 0) is 36.8 Å². The highest BCUT2D eigenvalue weighted by molar-refractivity contribution is 6.50. The van der Waals surface area contributed by atoms with Gasteiger partial charge < -0.3 is 5.32 Å². The van der Waals surface area contributed by atoms with Gasteiger partial charge in [0.2, 0.25) is 5.91 Å². The van der Waals surface area contributed by atoms with Crippen LogP contribution >= 0.6 is 0 Å². The second-order valence-corrected chi connectivity index (χ2v) is 7.89. The predicted octanol–water partition coefficient (Wildman–Crippen LogP) is 3.38. The maximum atomic E-state index is 13.3. The van der Waals surface area contributed by atoms with Crippen LogP contribution in [0.15, 0.2) is 35.4 Å². The molecule has 2 fully saturated rings. The van der Waals surface area contributed by atoms with Gasteiger partial charge in [0.15, 0.2) is 5.78 Å². The Bertz CT molecular complexity index is 726. The number of nitrogens with one attached hydrogen (secondary N) is 2. The van der Waals surface area contributed by atoms with Crippen molar-refractivity contribution < 1.29 is 9.59 Å². The molecule has 2 aliphatic rings. The molecule has 1 amide bonds. The van der Waals surface area contributed by atoms with E-state index in [1.54, 1.807) is 0 Å². The van der Waals surface area contributed by atoms with Gasteiger partial charge in [-0.3, -0.25) is 15.0 Å². The fourth-order valence-corrected chi connectivity index (χ4v) is 4.50. The van der Waals surface area contributed by atoms with E-state index >= 15 is 0 Å². The first-order valence-corrected chi connectivity index (χ1v) is 9.03. The van der Waals surface area contributed by atoms with Crippen LogP contribution in [-0.2, 0) is 9.59 Å². The van der Waals surface area contributed by atoms with Crippen molar-refractivity contribution >= 4 is 23.1 Å². The van der Waals surface area contributed by atoms with Crippen molar-refractivity contribution in [3.8, 4) is 0 Å². The van der Waals surface area contributed by atoms with E-state index < -0.39 is 16.2 Å². The number of benzene rings is 1. The number of anilines is 1. The zero-order chi connectivity index (χ0) is 18.3. The van der Waals surface area contributed by atoms with E-state index in [9.17, 15) is 9.59 Å². The Kier molecular flexibility index (Phi) is 4.21. The third kappa shape index (κ3) is 2.25. The Morgan fingerprint density at radius 2 is 1.84 bits per heavy atom. The van der Waals surface area contributed by atoms with Crippen LogP contribution < -0.4 is 10.7 Å². The van der Waals surface area contributed by atoms with E-state index in [2.05, 4.69) is 22.8 Å². The molecule has 25 heavy (non-hydrogen) atoms. The molecule has 2 unspecified atom stereocenters. The molecule has 0 aliphatic heterocycles. The van der Waals surface area contributed by atoms with Gasteiger partial charge in [-0.2, -0.15) is 5.10 Å². The zero-order valence-electron chi connectivity index (χ0n) is 15.5. The van der Waals surface area contributed by atoms with Crippen LogP contribution in [0.4, 0.5) is 5.69 Å². The number of hydrogen-bond donors (Lipinski definition) is 2. The Morgan fingerprint density at radius 1 is 1.16 bits per heavy atom. The monoisotopic (exact) mass is 341 g/mol. The van der Waals surface area contributed by atoms with Crippen molar-refractivity contribution in [3.63, 3.8) is 0 Å². The van der Waals surface area contributed by atoms with E-state index in [0.29, 0.717) is 18.7 Å². The summed E-state index contributed by atoms with van der Waals surface area (Å²) in [5.41, 5.74) is 2.45. The molecule has 0 spiro atoms. The lowest BCUT2D eigenvalue weighted by Crippen LogP contribution is -2.50. The van der Waals surface area contributed by atoms with Crippen LogP contribution in [0, 0.1) is 16.2 Å². The summed E-state index contributed by atoms with van der Waals surface area (Å²) in [4.78, 5) is 26.3. The number of para-hydroxylation sites is 1. The number of ketones is 1. The summed E-state index contributed by atoms with van der Waals surface area (Å²) >= 11 is 0. The van der Waals surface area contributed by atoms with Crippen LogP contribution in [0.25, 0.3) is 0 Å². The van der Waals surface area contributed by atoms with Gasteiger partial charge in [-0.15, -0.1) is 0 Å². The molecule has 2 atom stereocenters. The SMILES string of the molecule is CCCNC(=O)C12CCC(C)(/C(=N/Nc3ccccc3)C1=O)C2(C)C. The van der Waals surface area contributed by atoms with Gasteiger partial charge in [0.1, 0.15) is 11.1 Å². The first-order valence-electron chi connectivity index (χ1n) is 9.03. The van der Waals surface area contributed by atoms with Gasteiger partial charge in [0.05, 0.1) is 5.69 Å². The normalized spacial score (nSPS) is 31.4. The number of carbonyl (C=O) groups is 2. The summed E-state index contributed by atoms with van der Waals surface area (Å²) in [6.45, 7) is 8.74. The van der Waals surface area contributed by atoms with E-state index in [1.807, 2.05) is 51.1 Å². The third-order valence-corrected chi connectivity index (χ3v) is 6.57. The molecule has 0 heterocycles. The van der Waals surface area contributed by atoms with Gasteiger partial charge in [-0.25, -0.2) is 0 Å². The minimum Gasteiger partial charge on any atom is -0.355 e. The smallest absolute Gasteiger partial charge is 0.234 e. The second kappa shape index (κ2) is 5.97. The molecule has 1 aromatic rings. The third-order valence-electron chi connectivity index (χ3n) is 6.57. The number of nitrogens with zero attached hydrogens (tertiary/aromatic N) is 1. The molecule has 2 saturated carbocycles. The number of Topliss-reactive ketones (excluding diaryl/α,β-unsaturated/α-hetero) is 1. The second-order valence-electron chi connectivity index (χ2n) is 7.89. The van der Waals surface area contributed by atoms with Crippen LogP contribution in [0.2, 0.25) is 0 Å². The van der Waals surface area contributed by atoms with Crippen molar-refractivity contribution in [2.45, 2.75) is 47.0 Å². The topological polar surface area (TPSA) is 70.6 Å². The average Bonchev–Trinajstić information content (AvgIpc) is 2.88. The molecule has 2 N–H and O–H groups in total. The van der Waals surface area contributed by atoms with Crippen molar-refractivity contribution in [1.82, 2.24) is 5.32 Å². The predicted molar refractivity (Wildman–Crippen MR) is 99.4 cm³/mol. The standard InChI is InChI=1S/C20H27N3O2/c1-5-13-21-17(25)20-12-11-19(4,18(20,2)3)15(16(20)24)23-22-14-9-7-6-8-10-14/h6-10,22H,5,11-13H2,1-4H3,(H,21,25)/b23-15+. The van der Waals surface area contributed by atoms with Crippen molar-refractivity contribution in [2.24, 2.45) is 21.3 Å². The maximum absolute atomic E-state index is 13.3. The zero-order valence-corrected chi connectivity index (χ0v) is 15.5. The minimum atomic E-state index is -1.01. The van der Waals surface area contributed by atoms with Gasteiger partial charge in [0.25, 0.3) is 0 Å². The lowest BCUT2D eigenvalue weighted by atomic mass is 9.64. The molecule has 2 bridgehead atoms. The van der Waals surface area contributed by atoms with E-state index in [1.165, 1.54) is 0 Å². The molecule has 1 aromatic carbocycles. The number of amides is 1. The summed E-state index contributed by atoms with van der Waals surface area (Å²) in [6.07, 6.45) is 2.24. The van der Waals surface area contributed by atoms with Crippen molar-refractivity contribution in [1.29, 1.82) is 0 Å². The van der Waals surface area contributed by atoms with Crippen LogP contribution in [0.3, 0.4) is 0 Å². The number of hydrazone groups is 1. The summed E-state index contributed by atoms with van der Waals surface area (Å²) in [5.74, 6) is -0.263. The summed E-state index contributed by atoms with van der Waals surface area (Å²) in [5, 5.41) is 7.42. The number of fused-ring (bicyclic) bond motifs is 2. The van der Waals surface area contributed by atoms with Crippen molar-refractivity contribution in [2.75, 3.05) is 12.0 Å². The molecule has 5 nitrogen and oxygen atoms in total. The van der Waals surface area contributed by atoms with E-state index in [4.69, 9.17) is 0 Å². The quantitative estimate of drug-likeness (QED) is 0.637. The maximum Gasteiger partial charge on any atom is 0.234 e. The van der Waals surface area contributed by atoms with Gasteiger partial charge >= 0.3 is 0 Å². The Labute approximate surface area is 149 Å². The van der Waals surface area contributed by atoms with E-state index in [0.717, 1.165) is 18.5 Å². The molecule has 0 aromatic heterocycles. The molecule has 0 radical (unpaired) electrons. The lowest BCUT2D eigenvalue weighted by Gasteiger charge is -2.37. The fourth-order valence-electron chi connectivity index (χ4n) is 4.50. The molecule has 2 aliphatic carbocycles. The van der Waals surface area contributed by atoms with Crippen LogP contribution in [-0.4, -0.2) is 23.9 Å². The molecule has 134 valence electrons.